The Balaban J connectivity index is 0. The predicted molar refractivity (Wildman–Crippen MR) is 87.8 cm³/mol. The minimum atomic E-state index is -0.606. The fourth-order valence-corrected chi connectivity index (χ4v) is 3.70. The van der Waals surface area contributed by atoms with E-state index in [9.17, 15) is 4.79 Å². The molecule has 6 N–H and O–H groups in total. The molecule has 120 valence electrons. The first-order valence-corrected chi connectivity index (χ1v) is 7.93. The molecular weight excluding hydrogens is 347 g/mol. The Bertz CT molecular complexity index is 548. The van der Waals surface area contributed by atoms with E-state index in [1.807, 2.05) is 41.2 Å². The Morgan fingerprint density at radius 2 is 1.50 bits per heavy atom. The summed E-state index contributed by atoms with van der Waals surface area (Å²) in [7, 11) is 3.48. The van der Waals surface area contributed by atoms with Gasteiger partial charge < -0.3 is 16.4 Å². The number of benzene rings is 2. The van der Waals surface area contributed by atoms with Gasteiger partial charge in [-0.2, -0.15) is 0 Å². The van der Waals surface area contributed by atoms with E-state index in [2.05, 4.69) is 12.1 Å². The van der Waals surface area contributed by atoms with Crippen molar-refractivity contribution in [1.82, 2.24) is 3.86 Å². The maximum Gasteiger partial charge on any atom is -0.412 e. The Labute approximate surface area is 136 Å². The van der Waals surface area contributed by atoms with Crippen molar-refractivity contribution < 1.29 is 26.0 Å². The molecule has 1 amide bonds. The van der Waals surface area contributed by atoms with Crippen LogP contribution in [0.3, 0.4) is 0 Å². The van der Waals surface area contributed by atoms with Gasteiger partial charge in [0.1, 0.15) is 0 Å². The molecule has 0 aliphatic rings. The van der Waals surface area contributed by atoms with E-state index in [1.54, 1.807) is 19.2 Å². The van der Waals surface area contributed by atoms with Crippen LogP contribution in [0.1, 0.15) is 10.4 Å². The standard InChI is InChI=1S/C15H15GeNO2.3H2O/c1-17(16-13-6-4-3-5-7-13)15(18)12-8-10-14(19-2)11-9-12;;;/h3-11H,1-2H3;3*1H2. The first-order chi connectivity index (χ1) is 9.20. The first kappa shape index (κ1) is 22.4. The van der Waals surface area contributed by atoms with Gasteiger partial charge in [-0.15, -0.1) is 0 Å². The molecule has 0 heterocycles. The van der Waals surface area contributed by atoms with Gasteiger partial charge in [0.2, 0.25) is 0 Å². The quantitative estimate of drug-likeness (QED) is 0.659. The third kappa shape index (κ3) is 5.86. The number of methoxy groups -OCH3 is 1. The topological polar surface area (TPSA) is 124 Å². The molecule has 2 radical (unpaired) electrons. The van der Waals surface area contributed by atoms with E-state index in [0.29, 0.717) is 5.56 Å². The summed E-state index contributed by atoms with van der Waals surface area (Å²) >= 11 is -0.606. The molecule has 0 atom stereocenters. The number of hydrogen-bond donors (Lipinski definition) is 0. The van der Waals surface area contributed by atoms with E-state index in [4.69, 9.17) is 4.74 Å². The predicted octanol–water partition coefficient (Wildman–Crippen LogP) is -0.762. The minimum absolute atomic E-state index is 0. The summed E-state index contributed by atoms with van der Waals surface area (Å²) < 4.78 is 8.16. The van der Waals surface area contributed by atoms with Gasteiger partial charge >= 0.3 is 119 Å². The van der Waals surface area contributed by atoms with E-state index in [1.165, 1.54) is 4.40 Å². The van der Waals surface area contributed by atoms with Gasteiger partial charge in [0.25, 0.3) is 0 Å². The Morgan fingerprint density at radius 3 is 2.00 bits per heavy atom. The molecule has 0 aromatic heterocycles. The van der Waals surface area contributed by atoms with Crippen LogP contribution in [0.15, 0.2) is 54.6 Å². The second kappa shape index (κ2) is 10.8. The second-order valence-corrected chi connectivity index (χ2v) is 7.16. The van der Waals surface area contributed by atoms with Gasteiger partial charge in [-0.25, -0.2) is 0 Å². The van der Waals surface area contributed by atoms with Crippen LogP contribution in [-0.2, 0) is 0 Å². The molecule has 0 fully saturated rings. The number of carbonyl (C=O) groups is 1. The van der Waals surface area contributed by atoms with E-state index < -0.39 is 15.7 Å². The average Bonchev–Trinajstić information content (AvgIpc) is 2.47. The Kier molecular flexibility index (Phi) is 11.0. The van der Waals surface area contributed by atoms with Gasteiger partial charge in [-0.05, 0) is 0 Å². The van der Waals surface area contributed by atoms with Gasteiger partial charge in [0, 0.05) is 0 Å². The maximum absolute atomic E-state index is 12.3. The molecule has 0 saturated carbocycles. The zero-order valence-electron chi connectivity index (χ0n) is 12.5. The fraction of sp³-hybridized carbons (Fsp3) is 0.133. The largest absolute Gasteiger partial charge is 0.412 e. The molecule has 2 rings (SSSR count). The normalized spacial score (nSPS) is 8.64. The SMILES string of the molecule is COc1ccc(C(=O)[N](C)[Ge][c]2ccccc2)cc1.O.O.O. The fourth-order valence-electron chi connectivity index (χ4n) is 1.68. The van der Waals surface area contributed by atoms with E-state index >= 15 is 0 Å². The van der Waals surface area contributed by atoms with Crippen molar-refractivity contribution in [1.29, 1.82) is 0 Å². The number of nitrogens with zero attached hydrogens (tertiary/aromatic N) is 1. The number of hydrogen-bond acceptors (Lipinski definition) is 2. The number of ether oxygens (including phenoxy) is 1. The number of amides is 1. The van der Waals surface area contributed by atoms with Crippen molar-refractivity contribution in [3.8, 4) is 5.75 Å². The van der Waals surface area contributed by atoms with Gasteiger partial charge in [0.05, 0.1) is 0 Å². The number of carbonyl (C=O) groups excluding carboxylic acids is 1. The van der Waals surface area contributed by atoms with Crippen LogP contribution in [-0.4, -0.2) is 56.0 Å². The molecule has 0 unspecified atom stereocenters. The van der Waals surface area contributed by atoms with Crippen LogP contribution in [0, 0.1) is 0 Å². The summed E-state index contributed by atoms with van der Waals surface area (Å²) in [6.45, 7) is 0. The average molecular weight is 368 g/mol. The zero-order valence-corrected chi connectivity index (χ0v) is 14.6. The zero-order chi connectivity index (χ0) is 13.7. The van der Waals surface area contributed by atoms with Crippen LogP contribution in [0.4, 0.5) is 0 Å². The van der Waals surface area contributed by atoms with Crippen molar-refractivity contribution in [2.75, 3.05) is 14.2 Å². The summed E-state index contributed by atoms with van der Waals surface area (Å²) in [5, 5.41) is 0. The van der Waals surface area contributed by atoms with Gasteiger partial charge in [-0.1, -0.05) is 0 Å². The minimum Gasteiger partial charge on any atom is -0.412 e. The molecule has 0 spiro atoms. The monoisotopic (exact) mass is 369 g/mol. The summed E-state index contributed by atoms with van der Waals surface area (Å²) in [5.74, 6) is 0.824. The van der Waals surface area contributed by atoms with Crippen LogP contribution >= 0.6 is 0 Å². The Morgan fingerprint density at radius 1 is 0.955 bits per heavy atom. The van der Waals surface area contributed by atoms with Crippen molar-refractivity contribution in [3.05, 3.63) is 60.2 Å². The molecule has 7 heteroatoms. The molecule has 2 aromatic rings. The van der Waals surface area contributed by atoms with Crippen LogP contribution in [0.25, 0.3) is 0 Å². The van der Waals surface area contributed by atoms with Gasteiger partial charge in [0.15, 0.2) is 0 Å². The van der Waals surface area contributed by atoms with Gasteiger partial charge in [-0.3, -0.25) is 0 Å². The van der Waals surface area contributed by atoms with Crippen molar-refractivity contribution in [2.45, 2.75) is 0 Å². The number of rotatable bonds is 4. The van der Waals surface area contributed by atoms with Crippen LogP contribution in [0.2, 0.25) is 0 Å². The van der Waals surface area contributed by atoms with Crippen molar-refractivity contribution >= 4 is 26.0 Å². The van der Waals surface area contributed by atoms with Crippen LogP contribution < -0.4 is 9.13 Å². The molecule has 0 aliphatic heterocycles. The van der Waals surface area contributed by atoms with Crippen LogP contribution in [0.5, 0.6) is 5.75 Å². The maximum atomic E-state index is 12.3. The summed E-state index contributed by atoms with van der Waals surface area (Å²) in [6.07, 6.45) is 0. The molecule has 22 heavy (non-hydrogen) atoms. The third-order valence-electron chi connectivity index (χ3n) is 2.71. The van der Waals surface area contributed by atoms with Crippen molar-refractivity contribution in [2.24, 2.45) is 0 Å². The molecule has 0 saturated heterocycles. The van der Waals surface area contributed by atoms with Crippen molar-refractivity contribution in [3.63, 3.8) is 0 Å². The summed E-state index contributed by atoms with van der Waals surface area (Å²) in [6, 6.07) is 17.3. The van der Waals surface area contributed by atoms with E-state index in [0.717, 1.165) is 5.75 Å². The molecule has 0 aliphatic carbocycles. The molecular formula is C15H21GeNO5. The van der Waals surface area contributed by atoms with E-state index in [-0.39, 0.29) is 22.3 Å². The second-order valence-electron chi connectivity index (χ2n) is 4.07. The smallest absolute Gasteiger partial charge is 0.412 e. The molecule has 2 aromatic carbocycles. The molecule has 0 bridgehead atoms. The third-order valence-corrected chi connectivity index (χ3v) is 5.08. The first-order valence-electron chi connectivity index (χ1n) is 5.94. The molecule has 6 nitrogen and oxygen atoms in total. The Hall–Kier alpha value is -1.87. The summed E-state index contributed by atoms with van der Waals surface area (Å²) in [4.78, 5) is 12.3. The summed E-state index contributed by atoms with van der Waals surface area (Å²) in [5.41, 5.74) is 0.697.